The molecular weight excluding hydrogens is 188 g/mol. The number of allylic oxidation sites excluding steroid dienone is 1. The molecular formula is C13H14O2. The van der Waals surface area contributed by atoms with Gasteiger partial charge in [-0.1, -0.05) is 36.4 Å². The zero-order chi connectivity index (χ0) is 10.7. The SMILES string of the molecule is O=C(O)CCCC1C=Cc2ccccc21. The van der Waals surface area contributed by atoms with Crippen LogP contribution in [0, 0.1) is 0 Å². The molecule has 1 aromatic rings. The van der Waals surface area contributed by atoms with Gasteiger partial charge in [0, 0.05) is 12.3 Å². The molecule has 0 saturated heterocycles. The standard InChI is InChI=1S/C13H14O2/c14-13(15)7-3-5-11-9-8-10-4-1-2-6-12(10)11/h1-2,4,6,8-9,11H,3,5,7H2,(H,14,15). The summed E-state index contributed by atoms with van der Waals surface area (Å²) in [7, 11) is 0. The normalized spacial score (nSPS) is 17.7. The summed E-state index contributed by atoms with van der Waals surface area (Å²) in [6, 6.07) is 8.29. The van der Waals surface area contributed by atoms with Crippen molar-refractivity contribution in [1.29, 1.82) is 0 Å². The summed E-state index contributed by atoms with van der Waals surface area (Å²) in [4.78, 5) is 10.4. The van der Waals surface area contributed by atoms with Crippen molar-refractivity contribution in [3.63, 3.8) is 0 Å². The van der Waals surface area contributed by atoms with Gasteiger partial charge in [-0.2, -0.15) is 0 Å². The van der Waals surface area contributed by atoms with Crippen LogP contribution in [0.4, 0.5) is 0 Å². The van der Waals surface area contributed by atoms with Crippen molar-refractivity contribution >= 4 is 12.0 Å². The van der Waals surface area contributed by atoms with Gasteiger partial charge in [-0.15, -0.1) is 0 Å². The summed E-state index contributed by atoms with van der Waals surface area (Å²) in [6.45, 7) is 0. The molecule has 0 fully saturated rings. The lowest BCUT2D eigenvalue weighted by Crippen LogP contribution is -1.98. The molecule has 1 aliphatic carbocycles. The lowest BCUT2D eigenvalue weighted by Gasteiger charge is -2.09. The summed E-state index contributed by atoms with van der Waals surface area (Å²) >= 11 is 0. The molecule has 1 N–H and O–H groups in total. The minimum Gasteiger partial charge on any atom is -0.481 e. The highest BCUT2D eigenvalue weighted by Crippen LogP contribution is 2.33. The first-order chi connectivity index (χ1) is 7.27. The van der Waals surface area contributed by atoms with Gasteiger partial charge in [0.1, 0.15) is 0 Å². The van der Waals surface area contributed by atoms with Gasteiger partial charge in [-0.25, -0.2) is 0 Å². The molecule has 0 saturated carbocycles. The van der Waals surface area contributed by atoms with E-state index in [2.05, 4.69) is 24.3 Å². The summed E-state index contributed by atoms with van der Waals surface area (Å²) in [5, 5.41) is 8.56. The molecule has 78 valence electrons. The number of carboxylic acid groups (broad SMARTS) is 1. The number of benzene rings is 1. The Morgan fingerprint density at radius 2 is 2.13 bits per heavy atom. The molecule has 2 rings (SSSR count). The zero-order valence-corrected chi connectivity index (χ0v) is 8.52. The maximum absolute atomic E-state index is 10.4. The Morgan fingerprint density at radius 1 is 1.33 bits per heavy atom. The minimum atomic E-state index is -0.703. The van der Waals surface area contributed by atoms with Crippen LogP contribution in [0.2, 0.25) is 0 Å². The van der Waals surface area contributed by atoms with E-state index in [0.717, 1.165) is 12.8 Å². The maximum Gasteiger partial charge on any atom is 0.303 e. The molecule has 1 aromatic carbocycles. The molecule has 1 aliphatic rings. The number of carboxylic acids is 1. The molecule has 0 amide bonds. The molecule has 1 unspecified atom stereocenters. The molecule has 0 bridgehead atoms. The topological polar surface area (TPSA) is 37.3 Å². The van der Waals surface area contributed by atoms with E-state index in [4.69, 9.17) is 5.11 Å². The van der Waals surface area contributed by atoms with Crippen LogP contribution in [0.25, 0.3) is 6.08 Å². The average molecular weight is 202 g/mol. The van der Waals surface area contributed by atoms with E-state index in [0.29, 0.717) is 5.92 Å². The maximum atomic E-state index is 10.4. The Morgan fingerprint density at radius 3 is 2.93 bits per heavy atom. The fourth-order valence-corrected chi connectivity index (χ4v) is 2.05. The van der Waals surface area contributed by atoms with Crippen LogP contribution in [-0.4, -0.2) is 11.1 Å². The first-order valence-electron chi connectivity index (χ1n) is 5.26. The Hall–Kier alpha value is -1.57. The molecule has 15 heavy (non-hydrogen) atoms. The number of carbonyl (C=O) groups is 1. The second kappa shape index (κ2) is 4.30. The van der Waals surface area contributed by atoms with Crippen LogP contribution < -0.4 is 0 Å². The third-order valence-electron chi connectivity index (χ3n) is 2.81. The van der Waals surface area contributed by atoms with Gasteiger partial charge in [-0.05, 0) is 24.0 Å². The van der Waals surface area contributed by atoms with Crippen molar-refractivity contribution in [3.05, 3.63) is 41.5 Å². The second-order valence-corrected chi connectivity index (χ2v) is 3.88. The fraction of sp³-hybridized carbons (Fsp3) is 0.308. The zero-order valence-electron chi connectivity index (χ0n) is 8.52. The molecule has 0 aliphatic heterocycles. The molecule has 2 nitrogen and oxygen atoms in total. The van der Waals surface area contributed by atoms with Crippen molar-refractivity contribution < 1.29 is 9.90 Å². The highest BCUT2D eigenvalue weighted by Gasteiger charge is 2.16. The van der Waals surface area contributed by atoms with E-state index in [-0.39, 0.29) is 6.42 Å². The van der Waals surface area contributed by atoms with Crippen LogP contribution in [0.1, 0.15) is 36.3 Å². The van der Waals surface area contributed by atoms with E-state index < -0.39 is 5.97 Å². The lowest BCUT2D eigenvalue weighted by atomic mass is 9.95. The van der Waals surface area contributed by atoms with Crippen LogP contribution in [0.15, 0.2) is 30.3 Å². The quantitative estimate of drug-likeness (QED) is 0.814. The predicted octanol–water partition coefficient (Wildman–Crippen LogP) is 3.05. The van der Waals surface area contributed by atoms with Crippen molar-refractivity contribution in [3.8, 4) is 0 Å². The van der Waals surface area contributed by atoms with Crippen molar-refractivity contribution in [2.45, 2.75) is 25.2 Å². The van der Waals surface area contributed by atoms with Crippen molar-refractivity contribution in [1.82, 2.24) is 0 Å². The van der Waals surface area contributed by atoms with Gasteiger partial charge in [-0.3, -0.25) is 4.79 Å². The monoisotopic (exact) mass is 202 g/mol. The molecule has 0 spiro atoms. The van der Waals surface area contributed by atoms with Crippen LogP contribution in [-0.2, 0) is 4.79 Å². The summed E-state index contributed by atoms with van der Waals surface area (Å²) in [5.74, 6) is -0.286. The molecule has 2 heteroatoms. The minimum absolute atomic E-state index is 0.270. The Labute approximate surface area is 89.2 Å². The number of aliphatic carboxylic acids is 1. The number of hydrogen-bond acceptors (Lipinski definition) is 1. The number of hydrogen-bond donors (Lipinski definition) is 1. The molecule has 1 atom stereocenters. The fourth-order valence-electron chi connectivity index (χ4n) is 2.05. The van der Waals surface area contributed by atoms with E-state index in [9.17, 15) is 4.79 Å². The number of rotatable bonds is 4. The van der Waals surface area contributed by atoms with Crippen LogP contribution >= 0.6 is 0 Å². The highest BCUT2D eigenvalue weighted by molar-refractivity contribution is 5.66. The summed E-state index contributed by atoms with van der Waals surface area (Å²) in [5.41, 5.74) is 2.61. The molecule has 0 aromatic heterocycles. The first kappa shape index (κ1) is 9.97. The largest absolute Gasteiger partial charge is 0.481 e. The average Bonchev–Trinajstić information content (AvgIpc) is 2.62. The van der Waals surface area contributed by atoms with Gasteiger partial charge >= 0.3 is 5.97 Å². The van der Waals surface area contributed by atoms with Crippen LogP contribution in [0.5, 0.6) is 0 Å². The van der Waals surface area contributed by atoms with E-state index >= 15 is 0 Å². The first-order valence-corrected chi connectivity index (χ1v) is 5.26. The Kier molecular flexibility index (Phi) is 2.86. The Balaban J connectivity index is 1.96. The summed E-state index contributed by atoms with van der Waals surface area (Å²) in [6.07, 6.45) is 6.25. The van der Waals surface area contributed by atoms with Gasteiger partial charge in [0.15, 0.2) is 0 Å². The van der Waals surface area contributed by atoms with E-state index in [1.54, 1.807) is 0 Å². The molecule has 0 radical (unpaired) electrons. The third-order valence-corrected chi connectivity index (χ3v) is 2.81. The van der Waals surface area contributed by atoms with Gasteiger partial charge < -0.3 is 5.11 Å². The van der Waals surface area contributed by atoms with Gasteiger partial charge in [0.2, 0.25) is 0 Å². The second-order valence-electron chi connectivity index (χ2n) is 3.88. The van der Waals surface area contributed by atoms with Gasteiger partial charge in [0.25, 0.3) is 0 Å². The predicted molar refractivity (Wildman–Crippen MR) is 59.7 cm³/mol. The van der Waals surface area contributed by atoms with Crippen LogP contribution in [0.3, 0.4) is 0 Å². The van der Waals surface area contributed by atoms with Crippen molar-refractivity contribution in [2.75, 3.05) is 0 Å². The third kappa shape index (κ3) is 2.27. The van der Waals surface area contributed by atoms with Crippen molar-refractivity contribution in [2.24, 2.45) is 0 Å². The lowest BCUT2D eigenvalue weighted by molar-refractivity contribution is -0.137. The van der Waals surface area contributed by atoms with E-state index in [1.807, 2.05) is 12.1 Å². The summed E-state index contributed by atoms with van der Waals surface area (Å²) < 4.78 is 0. The highest BCUT2D eigenvalue weighted by atomic mass is 16.4. The van der Waals surface area contributed by atoms with Gasteiger partial charge in [0.05, 0.1) is 0 Å². The molecule has 0 heterocycles. The number of fused-ring (bicyclic) bond motifs is 1. The Bertz CT molecular complexity index is 393. The van der Waals surface area contributed by atoms with E-state index in [1.165, 1.54) is 11.1 Å². The smallest absolute Gasteiger partial charge is 0.303 e.